The largest absolute Gasteiger partial charge is 0.353 e. The summed E-state index contributed by atoms with van der Waals surface area (Å²) in [4.78, 5) is 33.2. The number of aromatic amines is 1. The molecule has 2 N–H and O–H groups in total. The summed E-state index contributed by atoms with van der Waals surface area (Å²) in [5, 5.41) is 3.89. The second-order valence-corrected chi connectivity index (χ2v) is 6.33. The second-order valence-electron chi connectivity index (χ2n) is 6.33. The Morgan fingerprint density at radius 1 is 1.30 bits per heavy atom. The van der Waals surface area contributed by atoms with Crippen molar-refractivity contribution >= 4 is 22.8 Å². The van der Waals surface area contributed by atoms with Crippen molar-refractivity contribution in [3.8, 4) is 0 Å². The van der Waals surface area contributed by atoms with Crippen molar-refractivity contribution in [2.24, 2.45) is 5.92 Å². The van der Waals surface area contributed by atoms with Crippen LogP contribution in [0.15, 0.2) is 29.1 Å². The molecule has 1 aromatic heterocycles. The molecule has 1 fully saturated rings. The van der Waals surface area contributed by atoms with Crippen LogP contribution in [0.4, 0.5) is 5.95 Å². The molecule has 1 aromatic carbocycles. The molecule has 0 bridgehead atoms. The van der Waals surface area contributed by atoms with Gasteiger partial charge in [-0.05, 0) is 25.0 Å². The number of carbonyl (C=O) groups excluding carboxylic acids is 1. The maximum Gasteiger partial charge on any atom is 0.260 e. The third-order valence-electron chi connectivity index (χ3n) is 4.25. The average Bonchev–Trinajstić information content (AvgIpc) is 2.55. The number of H-pyrrole nitrogens is 1. The van der Waals surface area contributed by atoms with Crippen molar-refractivity contribution < 1.29 is 4.79 Å². The SMILES string of the molecule is CC(C)C(=O)N1CCC(Nc2nc3ccccc3c(=O)[nH]2)CC1. The lowest BCUT2D eigenvalue weighted by Crippen LogP contribution is -2.44. The van der Waals surface area contributed by atoms with Crippen molar-refractivity contribution in [2.45, 2.75) is 32.7 Å². The van der Waals surface area contributed by atoms with Crippen molar-refractivity contribution in [1.82, 2.24) is 14.9 Å². The first-order valence-corrected chi connectivity index (χ1v) is 8.09. The van der Waals surface area contributed by atoms with Crippen LogP contribution >= 0.6 is 0 Å². The van der Waals surface area contributed by atoms with E-state index in [1.165, 1.54) is 0 Å². The molecule has 6 nitrogen and oxygen atoms in total. The minimum atomic E-state index is -0.134. The molecule has 2 heterocycles. The van der Waals surface area contributed by atoms with Gasteiger partial charge in [0.1, 0.15) is 0 Å². The van der Waals surface area contributed by atoms with Gasteiger partial charge in [-0.25, -0.2) is 4.98 Å². The van der Waals surface area contributed by atoms with E-state index in [0.29, 0.717) is 16.9 Å². The summed E-state index contributed by atoms with van der Waals surface area (Å²) in [6.45, 7) is 5.34. The van der Waals surface area contributed by atoms with Gasteiger partial charge in [0.15, 0.2) is 0 Å². The summed E-state index contributed by atoms with van der Waals surface area (Å²) >= 11 is 0. The Morgan fingerprint density at radius 2 is 2.00 bits per heavy atom. The second kappa shape index (κ2) is 6.40. The Balaban J connectivity index is 1.67. The molecule has 6 heteroatoms. The number of para-hydroxylation sites is 1. The van der Waals surface area contributed by atoms with E-state index in [0.717, 1.165) is 25.9 Å². The fourth-order valence-electron chi connectivity index (χ4n) is 2.96. The zero-order valence-corrected chi connectivity index (χ0v) is 13.5. The topological polar surface area (TPSA) is 78.1 Å². The number of carbonyl (C=O) groups is 1. The molecule has 0 unspecified atom stereocenters. The van der Waals surface area contributed by atoms with Gasteiger partial charge in [-0.1, -0.05) is 26.0 Å². The summed E-state index contributed by atoms with van der Waals surface area (Å²) < 4.78 is 0. The fraction of sp³-hybridized carbons (Fsp3) is 0.471. The highest BCUT2D eigenvalue weighted by atomic mass is 16.2. The van der Waals surface area contributed by atoms with E-state index in [2.05, 4.69) is 15.3 Å². The van der Waals surface area contributed by atoms with Crippen molar-refractivity contribution in [3.63, 3.8) is 0 Å². The van der Waals surface area contributed by atoms with E-state index in [4.69, 9.17) is 0 Å². The molecule has 0 radical (unpaired) electrons. The molecule has 0 spiro atoms. The lowest BCUT2D eigenvalue weighted by atomic mass is 10.0. The number of fused-ring (bicyclic) bond motifs is 1. The number of aromatic nitrogens is 2. The van der Waals surface area contributed by atoms with Crippen LogP contribution in [0, 0.1) is 5.92 Å². The van der Waals surface area contributed by atoms with Gasteiger partial charge >= 0.3 is 0 Å². The number of piperidine rings is 1. The van der Waals surface area contributed by atoms with Crippen LogP contribution in [0.2, 0.25) is 0 Å². The highest BCUT2D eigenvalue weighted by Crippen LogP contribution is 2.16. The molecule has 3 rings (SSSR count). The van der Waals surface area contributed by atoms with Crippen molar-refractivity contribution in [3.05, 3.63) is 34.6 Å². The number of anilines is 1. The van der Waals surface area contributed by atoms with E-state index in [9.17, 15) is 9.59 Å². The standard InChI is InChI=1S/C17H22N4O2/c1-11(2)16(23)21-9-7-12(8-10-21)18-17-19-14-6-4-3-5-13(14)15(22)20-17/h3-6,11-12H,7-10H2,1-2H3,(H2,18,19,20,22). The van der Waals surface area contributed by atoms with Gasteiger partial charge in [-0.3, -0.25) is 14.6 Å². The van der Waals surface area contributed by atoms with Crippen LogP contribution in [-0.4, -0.2) is 39.9 Å². The van der Waals surface area contributed by atoms with Crippen LogP contribution < -0.4 is 10.9 Å². The number of nitrogens with zero attached hydrogens (tertiary/aromatic N) is 2. The number of likely N-dealkylation sites (tertiary alicyclic amines) is 1. The van der Waals surface area contributed by atoms with Gasteiger partial charge < -0.3 is 10.2 Å². The van der Waals surface area contributed by atoms with E-state index >= 15 is 0 Å². The zero-order chi connectivity index (χ0) is 16.4. The molecule has 1 saturated heterocycles. The quantitative estimate of drug-likeness (QED) is 0.908. The zero-order valence-electron chi connectivity index (χ0n) is 13.5. The molecule has 1 aliphatic heterocycles. The van der Waals surface area contributed by atoms with Crippen molar-refractivity contribution in [1.29, 1.82) is 0 Å². The normalized spacial score (nSPS) is 16.0. The fourth-order valence-corrected chi connectivity index (χ4v) is 2.96. The molecule has 1 amide bonds. The first-order chi connectivity index (χ1) is 11.0. The number of hydrogen-bond acceptors (Lipinski definition) is 4. The van der Waals surface area contributed by atoms with Gasteiger partial charge in [0.25, 0.3) is 5.56 Å². The number of nitrogens with one attached hydrogen (secondary N) is 2. The van der Waals surface area contributed by atoms with E-state index < -0.39 is 0 Å². The van der Waals surface area contributed by atoms with Gasteiger partial charge in [0, 0.05) is 25.0 Å². The molecule has 1 aliphatic rings. The molecule has 23 heavy (non-hydrogen) atoms. The first-order valence-electron chi connectivity index (χ1n) is 8.09. The number of hydrogen-bond donors (Lipinski definition) is 2. The molecular weight excluding hydrogens is 292 g/mol. The van der Waals surface area contributed by atoms with E-state index in [1.807, 2.05) is 36.9 Å². The molecule has 0 atom stereocenters. The molecule has 2 aromatic rings. The van der Waals surface area contributed by atoms with Gasteiger partial charge in [0.2, 0.25) is 11.9 Å². The molecular formula is C17H22N4O2. The minimum absolute atomic E-state index is 0.0398. The third-order valence-corrected chi connectivity index (χ3v) is 4.25. The maximum atomic E-state index is 12.1. The van der Waals surface area contributed by atoms with Crippen LogP contribution in [-0.2, 0) is 4.79 Å². The summed E-state index contributed by atoms with van der Waals surface area (Å²) in [6.07, 6.45) is 1.71. The summed E-state index contributed by atoms with van der Waals surface area (Å²) in [5.74, 6) is 0.751. The average molecular weight is 314 g/mol. The first kappa shape index (κ1) is 15.5. The summed E-state index contributed by atoms with van der Waals surface area (Å²) in [7, 11) is 0. The predicted octanol–water partition coefficient (Wildman–Crippen LogP) is 1.98. The summed E-state index contributed by atoms with van der Waals surface area (Å²) in [5.41, 5.74) is 0.552. The van der Waals surface area contributed by atoms with Crippen LogP contribution in [0.1, 0.15) is 26.7 Å². The molecule has 0 saturated carbocycles. The summed E-state index contributed by atoms with van der Waals surface area (Å²) in [6, 6.07) is 7.51. The Kier molecular flexibility index (Phi) is 4.32. The Labute approximate surface area is 134 Å². The molecule has 122 valence electrons. The van der Waals surface area contributed by atoms with Crippen LogP contribution in [0.25, 0.3) is 10.9 Å². The van der Waals surface area contributed by atoms with E-state index in [1.54, 1.807) is 6.07 Å². The predicted molar refractivity (Wildman–Crippen MR) is 90.4 cm³/mol. The number of rotatable bonds is 3. The molecule has 0 aliphatic carbocycles. The number of benzene rings is 1. The highest BCUT2D eigenvalue weighted by Gasteiger charge is 2.24. The highest BCUT2D eigenvalue weighted by molar-refractivity contribution is 5.78. The monoisotopic (exact) mass is 314 g/mol. The number of amides is 1. The van der Waals surface area contributed by atoms with Gasteiger partial charge in [-0.2, -0.15) is 0 Å². The van der Waals surface area contributed by atoms with Crippen LogP contribution in [0.5, 0.6) is 0 Å². The smallest absolute Gasteiger partial charge is 0.260 e. The van der Waals surface area contributed by atoms with Crippen LogP contribution in [0.3, 0.4) is 0 Å². The maximum absolute atomic E-state index is 12.1. The lowest BCUT2D eigenvalue weighted by molar-refractivity contribution is -0.135. The van der Waals surface area contributed by atoms with Gasteiger partial charge in [-0.15, -0.1) is 0 Å². The minimum Gasteiger partial charge on any atom is -0.353 e. The van der Waals surface area contributed by atoms with Gasteiger partial charge in [0.05, 0.1) is 10.9 Å². The Morgan fingerprint density at radius 3 is 2.70 bits per heavy atom. The Hall–Kier alpha value is -2.37. The third kappa shape index (κ3) is 3.36. The lowest BCUT2D eigenvalue weighted by Gasteiger charge is -2.33. The van der Waals surface area contributed by atoms with Crippen molar-refractivity contribution in [2.75, 3.05) is 18.4 Å². The Bertz CT molecular complexity index is 761. The van der Waals surface area contributed by atoms with E-state index in [-0.39, 0.29) is 23.4 Å².